The fourth-order valence-electron chi connectivity index (χ4n) is 3.59. The zero-order valence-corrected chi connectivity index (χ0v) is 21.4. The first-order valence-electron chi connectivity index (χ1n) is 11.6. The summed E-state index contributed by atoms with van der Waals surface area (Å²) in [5, 5.41) is 3.84. The molecule has 184 valence electrons. The smallest absolute Gasteiger partial charge is 0.261 e. The number of ether oxygens (including phenoxy) is 1. The van der Waals surface area contributed by atoms with Crippen LogP contribution in [0.2, 0.25) is 10.0 Å². The van der Waals surface area contributed by atoms with Gasteiger partial charge in [-0.05, 0) is 42.7 Å². The average Bonchev–Trinajstić information content (AvgIpc) is 2.86. The minimum absolute atomic E-state index is 0.0152. The third-order valence-electron chi connectivity index (χ3n) is 5.71. The molecular formula is C28H30Cl2N2O3. The topological polar surface area (TPSA) is 58.6 Å². The molecule has 0 unspecified atom stereocenters. The highest BCUT2D eigenvalue weighted by atomic mass is 35.5. The number of carbonyl (C=O) groups is 2. The van der Waals surface area contributed by atoms with E-state index in [9.17, 15) is 9.59 Å². The maximum atomic E-state index is 13.5. The third kappa shape index (κ3) is 8.01. The number of hydrogen-bond acceptors (Lipinski definition) is 3. The Morgan fingerprint density at radius 3 is 2.17 bits per heavy atom. The predicted octanol–water partition coefficient (Wildman–Crippen LogP) is 5.93. The summed E-state index contributed by atoms with van der Waals surface area (Å²) >= 11 is 12.2. The molecule has 0 aliphatic rings. The van der Waals surface area contributed by atoms with Crippen LogP contribution in [-0.4, -0.2) is 35.4 Å². The summed E-state index contributed by atoms with van der Waals surface area (Å²) in [5.74, 6) is -0.162. The van der Waals surface area contributed by atoms with Crippen LogP contribution in [0.15, 0.2) is 78.9 Å². The second kappa shape index (κ2) is 13.2. The molecule has 35 heavy (non-hydrogen) atoms. The van der Waals surface area contributed by atoms with Gasteiger partial charge in [-0.25, -0.2) is 0 Å². The Balaban J connectivity index is 1.90. The zero-order chi connectivity index (χ0) is 25.2. The lowest BCUT2D eigenvalue weighted by Crippen LogP contribution is -2.53. The highest BCUT2D eigenvalue weighted by molar-refractivity contribution is 6.35. The molecule has 0 saturated heterocycles. The number of benzene rings is 3. The summed E-state index contributed by atoms with van der Waals surface area (Å²) in [4.78, 5) is 28.6. The van der Waals surface area contributed by atoms with Crippen LogP contribution in [0.25, 0.3) is 0 Å². The quantitative estimate of drug-likeness (QED) is 0.346. The van der Waals surface area contributed by atoms with Crippen molar-refractivity contribution >= 4 is 35.0 Å². The van der Waals surface area contributed by atoms with Gasteiger partial charge in [-0.2, -0.15) is 0 Å². The molecule has 0 aromatic heterocycles. The fraction of sp³-hybridized carbons (Fsp3) is 0.286. The van der Waals surface area contributed by atoms with E-state index in [2.05, 4.69) is 5.32 Å². The van der Waals surface area contributed by atoms with Gasteiger partial charge in [-0.15, -0.1) is 0 Å². The van der Waals surface area contributed by atoms with E-state index in [-0.39, 0.29) is 31.0 Å². The molecule has 0 bridgehead atoms. The van der Waals surface area contributed by atoms with Crippen molar-refractivity contribution < 1.29 is 14.3 Å². The van der Waals surface area contributed by atoms with Crippen molar-refractivity contribution in [1.82, 2.24) is 10.2 Å². The molecular weight excluding hydrogens is 483 g/mol. The van der Waals surface area contributed by atoms with Crippen LogP contribution in [0, 0.1) is 0 Å². The van der Waals surface area contributed by atoms with Crippen LogP contribution < -0.4 is 10.1 Å². The summed E-state index contributed by atoms with van der Waals surface area (Å²) < 4.78 is 5.74. The Hall–Kier alpha value is -3.02. The summed E-state index contributed by atoms with van der Waals surface area (Å²) in [7, 11) is 0. The molecule has 0 spiro atoms. The Labute approximate surface area is 217 Å². The van der Waals surface area contributed by atoms with Gasteiger partial charge in [0.2, 0.25) is 5.91 Å². The van der Waals surface area contributed by atoms with Crippen molar-refractivity contribution in [3.63, 3.8) is 0 Å². The van der Waals surface area contributed by atoms with Gasteiger partial charge in [0.15, 0.2) is 6.61 Å². The molecule has 2 amide bonds. The molecule has 3 aromatic rings. The lowest BCUT2D eigenvalue weighted by molar-refractivity contribution is -0.143. The van der Waals surface area contributed by atoms with E-state index in [1.165, 1.54) is 0 Å². The minimum Gasteiger partial charge on any atom is -0.482 e. The van der Waals surface area contributed by atoms with E-state index in [1.54, 1.807) is 23.1 Å². The molecule has 2 atom stereocenters. The normalized spacial score (nSPS) is 12.5. The predicted molar refractivity (Wildman–Crippen MR) is 141 cm³/mol. The van der Waals surface area contributed by atoms with E-state index < -0.39 is 6.04 Å². The molecule has 3 aromatic carbocycles. The Kier molecular flexibility index (Phi) is 10.0. The first-order valence-corrected chi connectivity index (χ1v) is 12.4. The number of carbonyl (C=O) groups excluding carboxylic acids is 2. The van der Waals surface area contributed by atoms with Gasteiger partial charge in [-0.1, -0.05) is 90.8 Å². The Morgan fingerprint density at radius 1 is 0.943 bits per heavy atom. The number of hydrogen-bond donors (Lipinski definition) is 1. The molecule has 0 radical (unpaired) electrons. The van der Waals surface area contributed by atoms with Crippen LogP contribution in [0.5, 0.6) is 5.75 Å². The van der Waals surface area contributed by atoms with Crippen LogP contribution in [0.1, 0.15) is 31.4 Å². The Morgan fingerprint density at radius 2 is 1.57 bits per heavy atom. The van der Waals surface area contributed by atoms with Gasteiger partial charge < -0.3 is 15.0 Å². The van der Waals surface area contributed by atoms with Crippen LogP contribution in [-0.2, 0) is 22.6 Å². The summed E-state index contributed by atoms with van der Waals surface area (Å²) in [5.41, 5.74) is 1.88. The van der Waals surface area contributed by atoms with E-state index >= 15 is 0 Å². The molecule has 5 nitrogen and oxygen atoms in total. The van der Waals surface area contributed by atoms with Crippen LogP contribution in [0.3, 0.4) is 0 Å². The Bertz CT molecular complexity index is 1110. The highest BCUT2D eigenvalue weighted by Crippen LogP contribution is 2.27. The van der Waals surface area contributed by atoms with E-state index in [4.69, 9.17) is 27.9 Å². The number of halogens is 2. The van der Waals surface area contributed by atoms with Crippen molar-refractivity contribution in [2.75, 3.05) is 6.61 Å². The second-order valence-corrected chi connectivity index (χ2v) is 9.24. The van der Waals surface area contributed by atoms with Crippen LogP contribution in [0.4, 0.5) is 0 Å². The van der Waals surface area contributed by atoms with Gasteiger partial charge in [0.25, 0.3) is 5.91 Å². The van der Waals surface area contributed by atoms with Gasteiger partial charge >= 0.3 is 0 Å². The molecule has 0 fully saturated rings. The second-order valence-electron chi connectivity index (χ2n) is 8.39. The van der Waals surface area contributed by atoms with Crippen molar-refractivity contribution in [2.24, 2.45) is 0 Å². The number of nitrogens with zero attached hydrogens (tertiary/aromatic N) is 1. The number of nitrogens with one attached hydrogen (secondary N) is 1. The van der Waals surface area contributed by atoms with Gasteiger partial charge in [0, 0.05) is 24.0 Å². The largest absolute Gasteiger partial charge is 0.482 e. The molecule has 0 saturated carbocycles. The SMILES string of the molecule is CC[C@@H](C)NC(=O)[C@@H](Cc1ccccc1)N(Cc1ccccc1)C(=O)COc1ccc(Cl)cc1Cl. The summed E-state index contributed by atoms with van der Waals surface area (Å²) in [6.07, 6.45) is 1.16. The summed E-state index contributed by atoms with van der Waals surface area (Å²) in [6.45, 7) is 3.96. The molecule has 3 rings (SSSR count). The molecule has 1 N–H and O–H groups in total. The zero-order valence-electron chi connectivity index (χ0n) is 19.9. The highest BCUT2D eigenvalue weighted by Gasteiger charge is 2.31. The van der Waals surface area contributed by atoms with Crippen LogP contribution >= 0.6 is 23.2 Å². The monoisotopic (exact) mass is 512 g/mol. The third-order valence-corrected chi connectivity index (χ3v) is 6.24. The fourth-order valence-corrected chi connectivity index (χ4v) is 4.05. The van der Waals surface area contributed by atoms with Crippen molar-refractivity contribution in [3.8, 4) is 5.75 Å². The first-order chi connectivity index (χ1) is 16.9. The first kappa shape index (κ1) is 26.6. The lowest BCUT2D eigenvalue weighted by atomic mass is 10.0. The molecule has 0 aliphatic carbocycles. The van der Waals surface area contributed by atoms with E-state index in [1.807, 2.05) is 74.5 Å². The summed E-state index contributed by atoms with van der Waals surface area (Å²) in [6, 6.07) is 23.4. The number of amides is 2. The van der Waals surface area contributed by atoms with Gasteiger partial charge in [-0.3, -0.25) is 9.59 Å². The van der Waals surface area contributed by atoms with Gasteiger partial charge in [0.1, 0.15) is 11.8 Å². The average molecular weight is 513 g/mol. The maximum Gasteiger partial charge on any atom is 0.261 e. The van der Waals surface area contributed by atoms with Crippen molar-refractivity contribution in [1.29, 1.82) is 0 Å². The molecule has 7 heteroatoms. The van der Waals surface area contributed by atoms with Gasteiger partial charge in [0.05, 0.1) is 5.02 Å². The van der Waals surface area contributed by atoms with E-state index in [0.717, 1.165) is 17.5 Å². The number of rotatable bonds is 11. The van der Waals surface area contributed by atoms with E-state index in [0.29, 0.717) is 22.2 Å². The standard InChI is InChI=1S/C28H30Cl2N2O3/c1-3-20(2)31-28(34)25(16-21-10-6-4-7-11-21)32(18-22-12-8-5-9-13-22)27(33)19-35-26-15-14-23(29)17-24(26)30/h4-15,17,20,25H,3,16,18-19H2,1-2H3,(H,31,34)/t20-,25-/m1/s1. The molecule has 0 heterocycles. The van der Waals surface area contributed by atoms with Crippen molar-refractivity contribution in [3.05, 3.63) is 100 Å². The minimum atomic E-state index is -0.719. The molecule has 0 aliphatic heterocycles. The maximum absolute atomic E-state index is 13.5. The lowest BCUT2D eigenvalue weighted by Gasteiger charge is -2.32. The van der Waals surface area contributed by atoms with Crippen molar-refractivity contribution in [2.45, 2.75) is 45.3 Å².